The molecule has 1 heterocycles. The molecule has 1 saturated carbocycles. The Labute approximate surface area is 168 Å². The fourth-order valence-electron chi connectivity index (χ4n) is 4.31. The Morgan fingerprint density at radius 1 is 1.14 bits per heavy atom. The molecule has 5 heteroatoms. The van der Waals surface area contributed by atoms with Crippen molar-refractivity contribution in [3.63, 3.8) is 0 Å². The highest BCUT2D eigenvalue weighted by atomic mass is 35.5. The lowest BCUT2D eigenvalue weighted by molar-refractivity contribution is -0.139. The Morgan fingerprint density at radius 2 is 1.86 bits per heavy atom. The Kier molecular flexibility index (Phi) is 5.23. The molecule has 0 radical (unpaired) electrons. The van der Waals surface area contributed by atoms with E-state index in [-0.39, 0.29) is 5.78 Å². The topological polar surface area (TPSA) is 70.2 Å². The van der Waals surface area contributed by atoms with Crippen LogP contribution < -0.4 is 0 Å². The van der Waals surface area contributed by atoms with Gasteiger partial charge in [-0.1, -0.05) is 67.6 Å². The molecule has 2 aromatic carbocycles. The molecule has 0 bridgehead atoms. The molecule has 0 saturated heterocycles. The van der Waals surface area contributed by atoms with Gasteiger partial charge < -0.3 is 10.1 Å². The highest BCUT2D eigenvalue weighted by Gasteiger charge is 2.28. The van der Waals surface area contributed by atoms with Gasteiger partial charge in [0.05, 0.1) is 10.9 Å². The summed E-state index contributed by atoms with van der Waals surface area (Å²) in [5, 5.41) is 10.9. The van der Waals surface area contributed by atoms with Crippen molar-refractivity contribution in [2.24, 2.45) is 5.92 Å². The second-order valence-electron chi connectivity index (χ2n) is 7.59. The van der Waals surface area contributed by atoms with Crippen LogP contribution in [0.25, 0.3) is 10.9 Å². The summed E-state index contributed by atoms with van der Waals surface area (Å²) < 4.78 is 0. The van der Waals surface area contributed by atoms with Crippen molar-refractivity contribution < 1.29 is 14.7 Å². The van der Waals surface area contributed by atoms with Gasteiger partial charge in [0.2, 0.25) is 0 Å². The Bertz CT molecular complexity index is 1020. The second-order valence-corrected chi connectivity index (χ2v) is 8.00. The standard InChI is InChI=1S/C23H22ClNO3/c24-20-11-16-19(17(23(27)28)10-14-6-4-5-7-14)13-25-21(16)12-18(20)22(26)15-8-2-1-3-9-15/h1-3,8-9,11-14,17,25H,4-7,10H2,(H,27,28). The highest BCUT2D eigenvalue weighted by molar-refractivity contribution is 6.36. The van der Waals surface area contributed by atoms with E-state index >= 15 is 0 Å². The van der Waals surface area contributed by atoms with Crippen LogP contribution in [0.3, 0.4) is 0 Å². The number of hydrogen-bond acceptors (Lipinski definition) is 2. The molecule has 1 aromatic heterocycles. The number of carbonyl (C=O) groups is 2. The number of carbonyl (C=O) groups excluding carboxylic acids is 1. The summed E-state index contributed by atoms with van der Waals surface area (Å²) in [7, 11) is 0. The third kappa shape index (κ3) is 3.57. The lowest BCUT2D eigenvalue weighted by Gasteiger charge is -2.16. The van der Waals surface area contributed by atoms with Crippen molar-refractivity contribution in [1.82, 2.24) is 4.98 Å². The summed E-state index contributed by atoms with van der Waals surface area (Å²) in [6, 6.07) is 12.4. The summed E-state index contributed by atoms with van der Waals surface area (Å²) in [5.41, 5.74) is 2.46. The van der Waals surface area contributed by atoms with Crippen LogP contribution in [0.2, 0.25) is 5.02 Å². The Hall–Kier alpha value is -2.59. The number of benzene rings is 2. The van der Waals surface area contributed by atoms with Gasteiger partial charge in [0.25, 0.3) is 0 Å². The molecule has 3 aromatic rings. The smallest absolute Gasteiger partial charge is 0.311 e. The molecule has 0 aliphatic heterocycles. The summed E-state index contributed by atoms with van der Waals surface area (Å²) in [6.07, 6.45) is 6.96. The average molecular weight is 396 g/mol. The van der Waals surface area contributed by atoms with E-state index < -0.39 is 11.9 Å². The summed E-state index contributed by atoms with van der Waals surface area (Å²) in [5.74, 6) is -1.07. The van der Waals surface area contributed by atoms with Gasteiger partial charge in [0.15, 0.2) is 5.78 Å². The zero-order valence-electron chi connectivity index (χ0n) is 15.5. The van der Waals surface area contributed by atoms with E-state index in [1.165, 1.54) is 12.8 Å². The maximum Gasteiger partial charge on any atom is 0.311 e. The average Bonchev–Trinajstić information content (AvgIpc) is 3.35. The Balaban J connectivity index is 1.71. The minimum atomic E-state index is -0.812. The molecule has 4 nitrogen and oxygen atoms in total. The number of aliphatic carboxylic acids is 1. The number of hydrogen-bond donors (Lipinski definition) is 2. The van der Waals surface area contributed by atoms with E-state index in [4.69, 9.17) is 11.6 Å². The van der Waals surface area contributed by atoms with Crippen molar-refractivity contribution >= 4 is 34.3 Å². The quantitative estimate of drug-likeness (QED) is 0.518. The van der Waals surface area contributed by atoms with Crippen LogP contribution in [0.15, 0.2) is 48.7 Å². The number of carboxylic acid groups (broad SMARTS) is 1. The molecule has 0 amide bonds. The molecule has 0 spiro atoms. The lowest BCUT2D eigenvalue weighted by atomic mass is 9.87. The minimum Gasteiger partial charge on any atom is -0.481 e. The molecular formula is C23H22ClNO3. The minimum absolute atomic E-state index is 0.149. The van der Waals surface area contributed by atoms with Crippen LogP contribution in [0, 0.1) is 5.92 Å². The molecule has 144 valence electrons. The van der Waals surface area contributed by atoms with E-state index in [0.29, 0.717) is 28.5 Å². The molecule has 4 rings (SSSR count). The molecular weight excluding hydrogens is 374 g/mol. The van der Waals surface area contributed by atoms with Crippen LogP contribution >= 0.6 is 11.6 Å². The second kappa shape index (κ2) is 7.80. The van der Waals surface area contributed by atoms with Crippen LogP contribution in [0.4, 0.5) is 0 Å². The van der Waals surface area contributed by atoms with Gasteiger partial charge in [-0.15, -0.1) is 0 Å². The van der Waals surface area contributed by atoms with E-state index in [1.807, 2.05) is 18.2 Å². The zero-order chi connectivity index (χ0) is 19.7. The first-order valence-electron chi connectivity index (χ1n) is 9.67. The van der Waals surface area contributed by atoms with Crippen LogP contribution in [-0.2, 0) is 4.79 Å². The highest BCUT2D eigenvalue weighted by Crippen LogP contribution is 2.38. The van der Waals surface area contributed by atoms with Crippen molar-refractivity contribution in [1.29, 1.82) is 0 Å². The number of aromatic nitrogens is 1. The first-order valence-corrected chi connectivity index (χ1v) is 10.1. The lowest BCUT2D eigenvalue weighted by Crippen LogP contribution is -2.14. The van der Waals surface area contributed by atoms with Crippen molar-refractivity contribution in [2.75, 3.05) is 0 Å². The normalized spacial score (nSPS) is 15.8. The van der Waals surface area contributed by atoms with E-state index in [9.17, 15) is 14.7 Å². The number of carboxylic acids is 1. The predicted octanol–water partition coefficient (Wildman–Crippen LogP) is 5.80. The maximum atomic E-state index is 12.8. The number of aromatic amines is 1. The molecule has 1 aliphatic carbocycles. The van der Waals surface area contributed by atoms with Crippen LogP contribution in [-0.4, -0.2) is 21.8 Å². The van der Waals surface area contributed by atoms with E-state index in [2.05, 4.69) is 4.98 Å². The van der Waals surface area contributed by atoms with Gasteiger partial charge in [-0.25, -0.2) is 0 Å². The number of ketones is 1. The third-order valence-corrected chi connectivity index (χ3v) is 6.11. The first kappa shape index (κ1) is 18.8. The molecule has 1 fully saturated rings. The molecule has 2 N–H and O–H groups in total. The third-order valence-electron chi connectivity index (χ3n) is 5.80. The van der Waals surface area contributed by atoms with E-state index in [0.717, 1.165) is 29.3 Å². The van der Waals surface area contributed by atoms with Gasteiger partial charge in [0, 0.05) is 28.2 Å². The Morgan fingerprint density at radius 3 is 2.54 bits per heavy atom. The van der Waals surface area contributed by atoms with E-state index in [1.54, 1.807) is 30.5 Å². The number of rotatable bonds is 6. The van der Waals surface area contributed by atoms with Crippen molar-refractivity contribution in [2.45, 2.75) is 38.0 Å². The van der Waals surface area contributed by atoms with Gasteiger partial charge in [-0.3, -0.25) is 9.59 Å². The van der Waals surface area contributed by atoms with Crippen LogP contribution in [0.1, 0.15) is 59.5 Å². The monoisotopic (exact) mass is 395 g/mol. The summed E-state index contributed by atoms with van der Waals surface area (Å²) >= 11 is 6.45. The number of nitrogens with one attached hydrogen (secondary N) is 1. The predicted molar refractivity (Wildman–Crippen MR) is 110 cm³/mol. The van der Waals surface area contributed by atoms with Gasteiger partial charge in [-0.05, 0) is 30.0 Å². The van der Waals surface area contributed by atoms with Gasteiger partial charge in [0.1, 0.15) is 0 Å². The molecule has 28 heavy (non-hydrogen) atoms. The fourth-order valence-corrected chi connectivity index (χ4v) is 4.56. The van der Waals surface area contributed by atoms with Crippen LogP contribution in [0.5, 0.6) is 0 Å². The number of fused-ring (bicyclic) bond motifs is 1. The SMILES string of the molecule is O=C(c1ccccc1)c1cc2[nH]cc(C(CC3CCCC3)C(=O)O)c2cc1Cl. The molecule has 1 atom stereocenters. The fraction of sp³-hybridized carbons (Fsp3) is 0.304. The first-order chi connectivity index (χ1) is 13.5. The molecule has 1 unspecified atom stereocenters. The largest absolute Gasteiger partial charge is 0.481 e. The zero-order valence-corrected chi connectivity index (χ0v) is 16.2. The maximum absolute atomic E-state index is 12.8. The number of halogens is 1. The summed E-state index contributed by atoms with van der Waals surface area (Å²) in [4.78, 5) is 27.9. The molecule has 1 aliphatic rings. The van der Waals surface area contributed by atoms with Gasteiger partial charge >= 0.3 is 5.97 Å². The van der Waals surface area contributed by atoms with Crippen molar-refractivity contribution in [3.8, 4) is 0 Å². The van der Waals surface area contributed by atoms with Gasteiger partial charge in [-0.2, -0.15) is 0 Å². The number of H-pyrrole nitrogens is 1. The summed E-state index contributed by atoms with van der Waals surface area (Å²) in [6.45, 7) is 0. The van der Waals surface area contributed by atoms with Crippen molar-refractivity contribution in [3.05, 3.63) is 70.4 Å².